The zero-order valence-electron chi connectivity index (χ0n) is 17.6. The minimum absolute atomic E-state index is 0.0847. The fourth-order valence-corrected chi connectivity index (χ4v) is 3.78. The average Bonchev–Trinajstić information content (AvgIpc) is 3.20. The van der Waals surface area contributed by atoms with Gasteiger partial charge >= 0.3 is 0 Å². The van der Waals surface area contributed by atoms with Gasteiger partial charge in [0.2, 0.25) is 11.1 Å². The summed E-state index contributed by atoms with van der Waals surface area (Å²) in [6, 6.07) is 16.1. The zero-order valence-corrected chi connectivity index (χ0v) is 18.4. The Bertz CT molecular complexity index is 941. The Morgan fingerprint density at radius 1 is 1.10 bits per heavy atom. The molecule has 158 valence electrons. The first-order valence-electron chi connectivity index (χ1n) is 9.94. The minimum atomic E-state index is 0.0847. The lowest BCUT2D eigenvalue weighted by atomic mass is 10.1. The summed E-state index contributed by atoms with van der Waals surface area (Å²) in [6.07, 6.45) is 0.914. The van der Waals surface area contributed by atoms with Crippen molar-refractivity contribution in [1.29, 1.82) is 0 Å². The van der Waals surface area contributed by atoms with Crippen LogP contribution in [0.5, 0.6) is 5.75 Å². The Hall–Kier alpha value is -2.87. The van der Waals surface area contributed by atoms with Crippen LogP contribution >= 0.6 is 11.8 Å². The third-order valence-electron chi connectivity index (χ3n) is 4.66. The maximum absolute atomic E-state index is 12.9. The van der Waals surface area contributed by atoms with Crippen LogP contribution in [0.3, 0.4) is 0 Å². The molecule has 0 fully saturated rings. The molecule has 0 saturated carbocycles. The van der Waals surface area contributed by atoms with Gasteiger partial charge in [-0.3, -0.25) is 4.79 Å². The number of nitrogens with zero attached hydrogens (tertiary/aromatic N) is 5. The van der Waals surface area contributed by atoms with E-state index in [1.165, 1.54) is 17.3 Å². The molecule has 30 heavy (non-hydrogen) atoms. The molecule has 0 bridgehead atoms. The second-order valence-corrected chi connectivity index (χ2v) is 8.00. The summed E-state index contributed by atoms with van der Waals surface area (Å²) in [5.41, 5.74) is 3.41. The maximum Gasteiger partial charge on any atom is 0.233 e. The lowest BCUT2D eigenvalue weighted by Crippen LogP contribution is -2.32. The number of tetrazole rings is 1. The first-order valence-corrected chi connectivity index (χ1v) is 10.9. The van der Waals surface area contributed by atoms with Crippen LogP contribution in [0.4, 0.5) is 0 Å². The molecule has 8 heteroatoms. The van der Waals surface area contributed by atoms with Crippen molar-refractivity contribution in [3.63, 3.8) is 0 Å². The standard InChI is InChI=1S/C22H27N5O2S/c1-4-13-26(14-18-7-5-17(2)6-8-18)21(28)16-30-22-23-24-25-27(22)15-19-9-11-20(29-3)12-10-19/h5-12H,4,13-16H2,1-3H3. The monoisotopic (exact) mass is 425 g/mol. The van der Waals surface area contributed by atoms with Gasteiger partial charge < -0.3 is 9.64 Å². The summed E-state index contributed by atoms with van der Waals surface area (Å²) < 4.78 is 6.90. The van der Waals surface area contributed by atoms with E-state index in [9.17, 15) is 4.79 Å². The molecule has 1 aromatic heterocycles. The average molecular weight is 426 g/mol. The summed E-state index contributed by atoms with van der Waals surface area (Å²) in [7, 11) is 1.64. The molecule has 0 aliphatic carbocycles. The van der Waals surface area contributed by atoms with Crippen LogP contribution in [0.2, 0.25) is 0 Å². The van der Waals surface area contributed by atoms with E-state index in [0.717, 1.165) is 29.8 Å². The number of aryl methyl sites for hydroxylation is 1. The van der Waals surface area contributed by atoms with Crippen molar-refractivity contribution in [2.45, 2.75) is 38.5 Å². The van der Waals surface area contributed by atoms with Crippen molar-refractivity contribution in [3.05, 3.63) is 65.2 Å². The van der Waals surface area contributed by atoms with E-state index in [-0.39, 0.29) is 5.91 Å². The van der Waals surface area contributed by atoms with Crippen LogP contribution in [-0.4, -0.2) is 50.4 Å². The van der Waals surface area contributed by atoms with Crippen molar-refractivity contribution in [2.24, 2.45) is 0 Å². The quantitative estimate of drug-likeness (QED) is 0.463. The smallest absolute Gasteiger partial charge is 0.233 e. The Morgan fingerprint density at radius 2 is 1.80 bits per heavy atom. The normalized spacial score (nSPS) is 10.8. The van der Waals surface area contributed by atoms with Crippen molar-refractivity contribution in [3.8, 4) is 5.75 Å². The second-order valence-electron chi connectivity index (χ2n) is 7.06. The number of hydrogen-bond donors (Lipinski definition) is 0. The summed E-state index contributed by atoms with van der Waals surface area (Å²) in [5.74, 6) is 1.19. The molecule has 7 nitrogen and oxygen atoms in total. The fraction of sp³-hybridized carbons (Fsp3) is 0.364. The van der Waals surface area contributed by atoms with Crippen LogP contribution in [0, 0.1) is 6.92 Å². The van der Waals surface area contributed by atoms with Gasteiger partial charge in [0.05, 0.1) is 19.4 Å². The molecule has 0 spiro atoms. The number of carbonyl (C=O) groups is 1. The number of amides is 1. The maximum atomic E-state index is 12.9. The first-order chi connectivity index (χ1) is 14.6. The van der Waals surface area contributed by atoms with E-state index >= 15 is 0 Å². The highest BCUT2D eigenvalue weighted by Crippen LogP contribution is 2.18. The topological polar surface area (TPSA) is 73.1 Å². The Labute approximate surface area is 181 Å². The summed E-state index contributed by atoms with van der Waals surface area (Å²) in [4.78, 5) is 14.8. The number of methoxy groups -OCH3 is 1. The highest BCUT2D eigenvalue weighted by Gasteiger charge is 2.16. The Morgan fingerprint density at radius 3 is 2.47 bits per heavy atom. The predicted molar refractivity (Wildman–Crippen MR) is 118 cm³/mol. The van der Waals surface area contributed by atoms with Crippen LogP contribution < -0.4 is 4.74 Å². The van der Waals surface area contributed by atoms with E-state index in [2.05, 4.69) is 53.6 Å². The lowest BCUT2D eigenvalue weighted by Gasteiger charge is -2.22. The van der Waals surface area contributed by atoms with Crippen molar-refractivity contribution >= 4 is 17.7 Å². The van der Waals surface area contributed by atoms with Gasteiger partial charge in [0, 0.05) is 13.1 Å². The van der Waals surface area contributed by atoms with Crippen molar-refractivity contribution in [2.75, 3.05) is 19.4 Å². The number of rotatable bonds is 10. The van der Waals surface area contributed by atoms with Crippen molar-refractivity contribution < 1.29 is 9.53 Å². The lowest BCUT2D eigenvalue weighted by molar-refractivity contribution is -0.129. The molecule has 0 aliphatic rings. The highest BCUT2D eigenvalue weighted by atomic mass is 32.2. The SMILES string of the molecule is CCCN(Cc1ccc(C)cc1)C(=O)CSc1nnnn1Cc1ccc(OC)cc1. The number of aromatic nitrogens is 4. The van der Waals surface area contributed by atoms with Gasteiger partial charge in [-0.25, -0.2) is 4.68 Å². The largest absolute Gasteiger partial charge is 0.497 e. The van der Waals surface area contributed by atoms with Crippen LogP contribution in [-0.2, 0) is 17.9 Å². The van der Waals surface area contributed by atoms with E-state index in [1.54, 1.807) is 11.8 Å². The summed E-state index contributed by atoms with van der Waals surface area (Å²) >= 11 is 1.37. The van der Waals surface area contributed by atoms with Gasteiger partial charge in [0.1, 0.15) is 5.75 Å². The number of benzene rings is 2. The highest BCUT2D eigenvalue weighted by molar-refractivity contribution is 7.99. The molecule has 3 aromatic rings. The Kier molecular flexibility index (Phi) is 7.84. The predicted octanol–water partition coefficient (Wildman–Crippen LogP) is 3.57. The molecule has 0 unspecified atom stereocenters. The number of thioether (sulfide) groups is 1. The molecule has 0 radical (unpaired) electrons. The number of ether oxygens (including phenoxy) is 1. The van der Waals surface area contributed by atoms with E-state index in [4.69, 9.17) is 4.74 Å². The van der Waals surface area contributed by atoms with Gasteiger partial charge in [-0.2, -0.15) is 0 Å². The van der Waals surface area contributed by atoms with Gasteiger partial charge in [-0.1, -0.05) is 60.6 Å². The van der Waals surface area contributed by atoms with Gasteiger partial charge in [0.25, 0.3) is 0 Å². The molecule has 2 aromatic carbocycles. The van der Waals surface area contributed by atoms with Gasteiger partial charge in [0.15, 0.2) is 0 Å². The third-order valence-corrected chi connectivity index (χ3v) is 5.60. The van der Waals surface area contributed by atoms with E-state index in [0.29, 0.717) is 24.0 Å². The second kappa shape index (κ2) is 10.8. The number of carbonyl (C=O) groups excluding carboxylic acids is 1. The van der Waals surface area contributed by atoms with Crippen LogP contribution in [0.1, 0.15) is 30.0 Å². The molecule has 0 N–H and O–H groups in total. The molecule has 0 atom stereocenters. The molecule has 3 rings (SSSR count). The molecule has 1 heterocycles. The molecule has 1 amide bonds. The van der Waals surface area contributed by atoms with Crippen molar-refractivity contribution in [1.82, 2.24) is 25.1 Å². The molecule has 0 saturated heterocycles. The van der Waals surface area contributed by atoms with Gasteiger partial charge in [-0.15, -0.1) is 5.10 Å². The van der Waals surface area contributed by atoms with E-state index < -0.39 is 0 Å². The molecular weight excluding hydrogens is 398 g/mol. The first kappa shape index (κ1) is 21.8. The Balaban J connectivity index is 1.60. The van der Waals surface area contributed by atoms with Crippen LogP contribution in [0.15, 0.2) is 53.7 Å². The van der Waals surface area contributed by atoms with Crippen LogP contribution in [0.25, 0.3) is 0 Å². The van der Waals surface area contributed by atoms with Gasteiger partial charge in [-0.05, 0) is 47.0 Å². The molecule has 0 aliphatic heterocycles. The summed E-state index contributed by atoms with van der Waals surface area (Å²) in [6.45, 7) is 6.02. The number of hydrogen-bond acceptors (Lipinski definition) is 6. The molecular formula is C22H27N5O2S. The fourth-order valence-electron chi connectivity index (χ4n) is 3.00. The van der Waals surface area contributed by atoms with E-state index in [1.807, 2.05) is 29.2 Å². The zero-order chi connectivity index (χ0) is 21.3. The summed E-state index contributed by atoms with van der Waals surface area (Å²) in [5, 5.41) is 12.6. The third kappa shape index (κ3) is 6.06. The minimum Gasteiger partial charge on any atom is -0.497 e.